The lowest BCUT2D eigenvalue weighted by Gasteiger charge is -2.32. The number of hydrogen-bond donors (Lipinski definition) is 3. The number of nitrogens with zero attached hydrogens (tertiary/aromatic N) is 1. The van der Waals surface area contributed by atoms with E-state index in [2.05, 4.69) is 17.3 Å². The second-order valence-electron chi connectivity index (χ2n) is 4.12. The lowest BCUT2D eigenvalue weighted by molar-refractivity contribution is 0.0907. The molecule has 1 rings (SSSR count). The molecule has 4 nitrogen and oxygen atoms in total. The summed E-state index contributed by atoms with van der Waals surface area (Å²) in [5.74, 6) is 0. The third-order valence-corrected chi connectivity index (χ3v) is 2.89. The van der Waals surface area contributed by atoms with Crippen molar-refractivity contribution in [1.82, 2.24) is 10.2 Å². The highest BCUT2D eigenvalue weighted by Gasteiger charge is 2.18. The molecule has 1 unspecified atom stereocenters. The van der Waals surface area contributed by atoms with Gasteiger partial charge in [0.1, 0.15) is 0 Å². The van der Waals surface area contributed by atoms with Gasteiger partial charge >= 0.3 is 0 Å². The molecule has 14 heavy (non-hydrogen) atoms. The zero-order valence-electron chi connectivity index (χ0n) is 8.95. The minimum absolute atomic E-state index is 0.159. The zero-order chi connectivity index (χ0) is 10.4. The lowest BCUT2D eigenvalue weighted by Crippen LogP contribution is -2.44. The Kier molecular flexibility index (Phi) is 5.40. The predicted molar refractivity (Wildman–Crippen MR) is 56.2 cm³/mol. The van der Waals surface area contributed by atoms with Gasteiger partial charge in [-0.3, -0.25) is 0 Å². The second-order valence-corrected chi connectivity index (χ2v) is 4.12. The van der Waals surface area contributed by atoms with Crippen molar-refractivity contribution in [2.45, 2.75) is 31.4 Å². The standard InChI is InChI=1S/C10H22N2O2/c1-12-5-3-2-4-9(12)6-11-7-10(14)8-13/h9-11,13-14H,2-8H2,1H3/t9?,10-/m0/s1. The van der Waals surface area contributed by atoms with E-state index in [0.29, 0.717) is 12.6 Å². The zero-order valence-corrected chi connectivity index (χ0v) is 8.95. The van der Waals surface area contributed by atoms with Crippen LogP contribution in [0, 0.1) is 0 Å². The summed E-state index contributed by atoms with van der Waals surface area (Å²) in [4.78, 5) is 2.36. The van der Waals surface area contributed by atoms with E-state index in [1.807, 2.05) is 0 Å². The van der Waals surface area contributed by atoms with Gasteiger partial charge < -0.3 is 20.4 Å². The van der Waals surface area contributed by atoms with Gasteiger partial charge in [-0.1, -0.05) is 6.42 Å². The normalized spacial score (nSPS) is 26.4. The fourth-order valence-electron chi connectivity index (χ4n) is 1.88. The number of piperidine rings is 1. The van der Waals surface area contributed by atoms with Crippen LogP contribution in [0.15, 0.2) is 0 Å². The average molecular weight is 202 g/mol. The van der Waals surface area contributed by atoms with E-state index < -0.39 is 6.10 Å². The molecule has 3 N–H and O–H groups in total. The molecule has 0 radical (unpaired) electrons. The number of rotatable bonds is 5. The molecule has 0 amide bonds. The van der Waals surface area contributed by atoms with Crippen LogP contribution in [-0.4, -0.2) is 60.5 Å². The summed E-state index contributed by atoms with van der Waals surface area (Å²) in [6.07, 6.45) is 3.22. The van der Waals surface area contributed by atoms with Gasteiger partial charge in [-0.2, -0.15) is 0 Å². The molecule has 0 aromatic rings. The molecular weight excluding hydrogens is 180 g/mol. The SMILES string of the molecule is CN1CCCCC1CNC[C@H](O)CO. The largest absolute Gasteiger partial charge is 0.394 e. The highest BCUT2D eigenvalue weighted by molar-refractivity contribution is 4.76. The monoisotopic (exact) mass is 202 g/mol. The van der Waals surface area contributed by atoms with E-state index in [9.17, 15) is 0 Å². The summed E-state index contributed by atoms with van der Waals surface area (Å²) < 4.78 is 0. The summed E-state index contributed by atoms with van der Waals surface area (Å²) >= 11 is 0. The quantitative estimate of drug-likeness (QED) is 0.558. The topological polar surface area (TPSA) is 55.7 Å². The number of likely N-dealkylation sites (tertiary alicyclic amines) is 1. The van der Waals surface area contributed by atoms with Gasteiger partial charge in [-0.15, -0.1) is 0 Å². The van der Waals surface area contributed by atoms with Crippen molar-refractivity contribution in [2.24, 2.45) is 0 Å². The van der Waals surface area contributed by atoms with Crippen LogP contribution in [0.5, 0.6) is 0 Å². The minimum Gasteiger partial charge on any atom is -0.394 e. The highest BCUT2D eigenvalue weighted by Crippen LogP contribution is 2.13. The molecule has 0 spiro atoms. The van der Waals surface area contributed by atoms with Gasteiger partial charge in [0, 0.05) is 19.1 Å². The summed E-state index contributed by atoms with van der Waals surface area (Å²) in [5.41, 5.74) is 0. The Bertz CT molecular complexity index is 155. The van der Waals surface area contributed by atoms with Crippen LogP contribution in [0.2, 0.25) is 0 Å². The Balaban J connectivity index is 2.10. The molecule has 0 aliphatic carbocycles. The summed E-state index contributed by atoms with van der Waals surface area (Å²) in [5, 5.41) is 20.9. The van der Waals surface area contributed by atoms with Crippen molar-refractivity contribution >= 4 is 0 Å². The summed E-state index contributed by atoms with van der Waals surface area (Å²) in [7, 11) is 2.15. The first kappa shape index (κ1) is 11.9. The third-order valence-electron chi connectivity index (χ3n) is 2.89. The van der Waals surface area contributed by atoms with E-state index in [1.54, 1.807) is 0 Å². The fraction of sp³-hybridized carbons (Fsp3) is 1.00. The molecule has 1 saturated heterocycles. The van der Waals surface area contributed by atoms with Crippen LogP contribution in [0.4, 0.5) is 0 Å². The minimum atomic E-state index is -0.621. The Labute approximate surface area is 85.9 Å². The van der Waals surface area contributed by atoms with E-state index in [4.69, 9.17) is 10.2 Å². The van der Waals surface area contributed by atoms with Gasteiger partial charge in [-0.25, -0.2) is 0 Å². The Morgan fingerprint density at radius 2 is 2.29 bits per heavy atom. The van der Waals surface area contributed by atoms with Crippen LogP contribution in [0.25, 0.3) is 0 Å². The summed E-state index contributed by atoms with van der Waals surface area (Å²) in [6.45, 7) is 2.41. The maximum absolute atomic E-state index is 9.13. The van der Waals surface area contributed by atoms with Crippen molar-refractivity contribution < 1.29 is 10.2 Å². The maximum Gasteiger partial charge on any atom is 0.0894 e. The number of aliphatic hydroxyl groups is 2. The number of aliphatic hydroxyl groups excluding tert-OH is 2. The van der Waals surface area contributed by atoms with Crippen LogP contribution < -0.4 is 5.32 Å². The third kappa shape index (κ3) is 3.92. The summed E-state index contributed by atoms with van der Waals surface area (Å²) in [6, 6.07) is 0.592. The molecule has 0 saturated carbocycles. The molecule has 0 aromatic heterocycles. The number of nitrogens with one attached hydrogen (secondary N) is 1. The van der Waals surface area contributed by atoms with Crippen LogP contribution in [-0.2, 0) is 0 Å². The average Bonchev–Trinajstić information content (AvgIpc) is 2.20. The smallest absolute Gasteiger partial charge is 0.0894 e. The van der Waals surface area contributed by atoms with Crippen molar-refractivity contribution in [1.29, 1.82) is 0 Å². The molecule has 1 aliphatic rings. The van der Waals surface area contributed by atoms with E-state index in [0.717, 1.165) is 6.54 Å². The van der Waals surface area contributed by atoms with Gasteiger partial charge in [0.2, 0.25) is 0 Å². The molecule has 1 fully saturated rings. The van der Waals surface area contributed by atoms with E-state index in [1.165, 1.54) is 25.8 Å². The molecule has 4 heteroatoms. The van der Waals surface area contributed by atoms with Gasteiger partial charge in [0.25, 0.3) is 0 Å². The van der Waals surface area contributed by atoms with Gasteiger partial charge in [-0.05, 0) is 26.4 Å². The Hall–Kier alpha value is -0.160. The van der Waals surface area contributed by atoms with E-state index >= 15 is 0 Å². The van der Waals surface area contributed by atoms with Gasteiger partial charge in [0.05, 0.1) is 12.7 Å². The number of hydrogen-bond acceptors (Lipinski definition) is 4. The molecule has 2 atom stereocenters. The van der Waals surface area contributed by atoms with Crippen molar-refractivity contribution in [3.05, 3.63) is 0 Å². The van der Waals surface area contributed by atoms with Crippen LogP contribution in [0.1, 0.15) is 19.3 Å². The first-order chi connectivity index (χ1) is 6.74. The highest BCUT2D eigenvalue weighted by atomic mass is 16.3. The lowest BCUT2D eigenvalue weighted by atomic mass is 10.0. The number of likely N-dealkylation sites (N-methyl/N-ethyl adjacent to an activating group) is 1. The second kappa shape index (κ2) is 6.35. The fourth-order valence-corrected chi connectivity index (χ4v) is 1.88. The van der Waals surface area contributed by atoms with Gasteiger partial charge in [0.15, 0.2) is 0 Å². The van der Waals surface area contributed by atoms with Crippen molar-refractivity contribution in [3.63, 3.8) is 0 Å². The maximum atomic E-state index is 9.13. The molecular formula is C10H22N2O2. The van der Waals surface area contributed by atoms with Crippen molar-refractivity contribution in [2.75, 3.05) is 33.3 Å². The molecule has 0 bridgehead atoms. The molecule has 1 heterocycles. The molecule has 84 valence electrons. The Morgan fingerprint density at radius 3 is 2.93 bits per heavy atom. The van der Waals surface area contributed by atoms with E-state index in [-0.39, 0.29) is 6.61 Å². The first-order valence-electron chi connectivity index (χ1n) is 5.44. The Morgan fingerprint density at radius 1 is 1.50 bits per heavy atom. The van der Waals surface area contributed by atoms with Crippen molar-refractivity contribution in [3.8, 4) is 0 Å². The van der Waals surface area contributed by atoms with Crippen LogP contribution >= 0.6 is 0 Å². The molecule has 0 aromatic carbocycles. The predicted octanol–water partition coefficient (Wildman–Crippen LogP) is -0.586. The first-order valence-corrected chi connectivity index (χ1v) is 5.44. The molecule has 1 aliphatic heterocycles. The van der Waals surface area contributed by atoms with Crippen LogP contribution in [0.3, 0.4) is 0 Å².